The van der Waals surface area contributed by atoms with E-state index in [1.165, 1.54) is 0 Å². The van der Waals surface area contributed by atoms with Crippen LogP contribution in [0.1, 0.15) is 33.0 Å². The Morgan fingerprint density at radius 2 is 2.09 bits per heavy atom. The van der Waals surface area contributed by atoms with Crippen molar-refractivity contribution in [2.75, 3.05) is 11.2 Å². The van der Waals surface area contributed by atoms with Crippen molar-refractivity contribution in [1.29, 1.82) is 0 Å². The molecule has 22 heavy (non-hydrogen) atoms. The Morgan fingerprint density at radius 1 is 1.32 bits per heavy atom. The van der Waals surface area contributed by atoms with Gasteiger partial charge >= 0.3 is 0 Å². The highest BCUT2D eigenvalue weighted by Crippen LogP contribution is 2.30. The molecule has 116 valence electrons. The van der Waals surface area contributed by atoms with Crippen LogP contribution in [-0.2, 0) is 6.42 Å². The van der Waals surface area contributed by atoms with Gasteiger partial charge in [0.1, 0.15) is 16.9 Å². The lowest BCUT2D eigenvalue weighted by molar-refractivity contribution is 0.699. The summed E-state index contributed by atoms with van der Waals surface area (Å²) in [5.74, 6) is 1.47. The van der Waals surface area contributed by atoms with Crippen LogP contribution in [0.15, 0.2) is 22.7 Å². The summed E-state index contributed by atoms with van der Waals surface area (Å²) in [5.41, 5.74) is 12.3. The molecule has 0 aliphatic rings. The Hall–Kier alpha value is -1.82. The number of pyridine rings is 1. The molecule has 0 saturated heterocycles. The molecule has 0 fully saturated rings. The Balaban J connectivity index is 2.40. The molecule has 0 atom stereocenters. The zero-order chi connectivity index (χ0) is 15.9. The third-order valence-corrected chi connectivity index (χ3v) is 4.00. The molecule has 6 heteroatoms. The van der Waals surface area contributed by atoms with E-state index in [0.29, 0.717) is 11.9 Å². The number of nitrogen functional groups attached to an aromatic ring is 1. The van der Waals surface area contributed by atoms with Crippen molar-refractivity contribution < 1.29 is 0 Å². The Kier molecular flexibility index (Phi) is 3.95. The molecule has 0 bridgehead atoms. The van der Waals surface area contributed by atoms with E-state index in [0.717, 1.165) is 45.1 Å². The lowest BCUT2D eigenvalue weighted by atomic mass is 10.2. The van der Waals surface area contributed by atoms with Crippen molar-refractivity contribution in [3.05, 3.63) is 28.5 Å². The van der Waals surface area contributed by atoms with E-state index in [9.17, 15) is 0 Å². The van der Waals surface area contributed by atoms with Crippen LogP contribution in [0.2, 0.25) is 0 Å². The number of anilines is 1. The summed E-state index contributed by atoms with van der Waals surface area (Å²) in [4.78, 5) is 9.23. The number of nitrogens with zero attached hydrogens (tertiary/aromatic N) is 3. The van der Waals surface area contributed by atoms with Gasteiger partial charge in [-0.25, -0.2) is 14.6 Å². The van der Waals surface area contributed by atoms with Gasteiger partial charge in [0.2, 0.25) is 0 Å². The number of halogens is 1. The number of imidazole rings is 1. The average Bonchev–Trinajstić information content (AvgIpc) is 2.78. The minimum atomic E-state index is 0.299. The Labute approximate surface area is 138 Å². The molecule has 5 nitrogen and oxygen atoms in total. The van der Waals surface area contributed by atoms with Gasteiger partial charge in [0.05, 0.1) is 5.52 Å². The Morgan fingerprint density at radius 3 is 2.77 bits per heavy atom. The number of aryl methyl sites for hydroxylation is 1. The molecule has 3 aromatic rings. The summed E-state index contributed by atoms with van der Waals surface area (Å²) < 4.78 is 3.07. The van der Waals surface area contributed by atoms with Crippen molar-refractivity contribution in [2.45, 2.75) is 39.7 Å². The number of aromatic nitrogens is 3. The van der Waals surface area contributed by atoms with Crippen LogP contribution < -0.4 is 11.2 Å². The molecule has 0 aliphatic heterocycles. The second-order valence-electron chi connectivity index (χ2n) is 5.75. The lowest BCUT2D eigenvalue weighted by Crippen LogP contribution is -2.24. The highest BCUT2D eigenvalue weighted by Gasteiger charge is 2.17. The van der Waals surface area contributed by atoms with Gasteiger partial charge in [-0.15, -0.1) is 0 Å². The standard InChI is InChI=1S/C16H20BrN5/c1-4-5-13-20-14-15(22(13)21-9(2)3)11-7-6-10(17)8-12(11)19-16(14)18/h6-9,21H,4-5H2,1-3H3,(H2,18,19). The molecule has 0 spiro atoms. The van der Waals surface area contributed by atoms with E-state index < -0.39 is 0 Å². The van der Waals surface area contributed by atoms with Crippen LogP contribution in [0.5, 0.6) is 0 Å². The topological polar surface area (TPSA) is 68.8 Å². The van der Waals surface area contributed by atoms with E-state index in [4.69, 9.17) is 10.7 Å². The summed E-state index contributed by atoms with van der Waals surface area (Å²) in [7, 11) is 0. The predicted octanol–water partition coefficient (Wildman–Crippen LogP) is 3.83. The second-order valence-corrected chi connectivity index (χ2v) is 6.67. The number of rotatable bonds is 4. The zero-order valence-electron chi connectivity index (χ0n) is 13.0. The molecular weight excluding hydrogens is 342 g/mol. The van der Waals surface area contributed by atoms with E-state index >= 15 is 0 Å². The van der Waals surface area contributed by atoms with E-state index in [1.807, 2.05) is 12.1 Å². The van der Waals surface area contributed by atoms with Gasteiger partial charge in [0.15, 0.2) is 5.82 Å². The Bertz CT molecular complexity index is 838. The van der Waals surface area contributed by atoms with Gasteiger partial charge in [-0.05, 0) is 38.5 Å². The summed E-state index contributed by atoms with van der Waals surface area (Å²) in [6.45, 7) is 6.38. The maximum atomic E-state index is 6.15. The van der Waals surface area contributed by atoms with Crippen molar-refractivity contribution in [3.8, 4) is 0 Å². The van der Waals surface area contributed by atoms with Crippen molar-refractivity contribution in [3.63, 3.8) is 0 Å². The summed E-state index contributed by atoms with van der Waals surface area (Å²) in [5, 5.41) is 1.05. The third-order valence-electron chi connectivity index (χ3n) is 3.51. The van der Waals surface area contributed by atoms with Gasteiger partial charge in [-0.1, -0.05) is 22.9 Å². The first kappa shape index (κ1) is 15.1. The third kappa shape index (κ3) is 2.52. The van der Waals surface area contributed by atoms with Gasteiger partial charge < -0.3 is 11.2 Å². The number of hydrogen-bond acceptors (Lipinski definition) is 4. The summed E-state index contributed by atoms with van der Waals surface area (Å²) in [6, 6.07) is 6.36. The van der Waals surface area contributed by atoms with E-state index in [-0.39, 0.29) is 0 Å². The smallest absolute Gasteiger partial charge is 0.152 e. The molecule has 0 saturated carbocycles. The first-order valence-electron chi connectivity index (χ1n) is 7.53. The molecule has 3 rings (SSSR count). The zero-order valence-corrected chi connectivity index (χ0v) is 14.6. The minimum absolute atomic E-state index is 0.299. The average molecular weight is 362 g/mol. The number of nitrogens with two attached hydrogens (primary N) is 1. The molecule has 0 radical (unpaired) electrons. The van der Waals surface area contributed by atoms with Crippen LogP contribution in [0.25, 0.3) is 21.9 Å². The maximum absolute atomic E-state index is 6.15. The molecular formula is C16H20BrN5. The number of fused-ring (bicyclic) bond motifs is 3. The number of hydrogen-bond donors (Lipinski definition) is 2. The lowest BCUT2D eigenvalue weighted by Gasteiger charge is -2.16. The van der Waals surface area contributed by atoms with Crippen LogP contribution >= 0.6 is 15.9 Å². The van der Waals surface area contributed by atoms with Crippen molar-refractivity contribution >= 4 is 43.7 Å². The van der Waals surface area contributed by atoms with E-state index in [1.54, 1.807) is 0 Å². The fourth-order valence-corrected chi connectivity index (χ4v) is 3.01. The predicted molar refractivity (Wildman–Crippen MR) is 95.6 cm³/mol. The fraction of sp³-hybridized carbons (Fsp3) is 0.375. The molecule has 0 aliphatic carbocycles. The molecule has 3 N–H and O–H groups in total. The molecule has 0 amide bonds. The quantitative estimate of drug-likeness (QED) is 0.740. The highest BCUT2D eigenvalue weighted by molar-refractivity contribution is 9.10. The fourth-order valence-electron chi connectivity index (χ4n) is 2.66. The SMILES string of the molecule is CCCc1nc2c(N)nc3cc(Br)ccc3c2n1NC(C)C. The normalized spacial score (nSPS) is 11.7. The molecule has 0 unspecified atom stereocenters. The monoisotopic (exact) mass is 361 g/mol. The first-order chi connectivity index (χ1) is 10.5. The van der Waals surface area contributed by atoms with Crippen LogP contribution in [0.4, 0.5) is 5.82 Å². The van der Waals surface area contributed by atoms with Gasteiger partial charge in [-0.2, -0.15) is 0 Å². The largest absolute Gasteiger partial charge is 0.382 e. The minimum Gasteiger partial charge on any atom is -0.382 e. The van der Waals surface area contributed by atoms with Gasteiger partial charge in [-0.3, -0.25) is 0 Å². The van der Waals surface area contributed by atoms with Gasteiger partial charge in [0.25, 0.3) is 0 Å². The van der Waals surface area contributed by atoms with Crippen molar-refractivity contribution in [1.82, 2.24) is 14.6 Å². The highest BCUT2D eigenvalue weighted by atomic mass is 79.9. The summed E-state index contributed by atoms with van der Waals surface area (Å²) in [6.07, 6.45) is 1.92. The second kappa shape index (κ2) is 5.76. The van der Waals surface area contributed by atoms with Crippen LogP contribution in [-0.4, -0.2) is 20.7 Å². The molecule has 1 aromatic carbocycles. The molecule has 2 aromatic heterocycles. The number of benzene rings is 1. The van der Waals surface area contributed by atoms with Gasteiger partial charge in [0, 0.05) is 22.3 Å². The van der Waals surface area contributed by atoms with Crippen LogP contribution in [0, 0.1) is 0 Å². The summed E-state index contributed by atoms with van der Waals surface area (Å²) >= 11 is 3.49. The number of nitrogens with one attached hydrogen (secondary N) is 1. The van der Waals surface area contributed by atoms with E-state index in [2.05, 4.69) is 57.9 Å². The van der Waals surface area contributed by atoms with Crippen molar-refractivity contribution in [2.24, 2.45) is 0 Å². The van der Waals surface area contributed by atoms with Crippen LogP contribution in [0.3, 0.4) is 0 Å². The maximum Gasteiger partial charge on any atom is 0.152 e. The molecule has 2 heterocycles. The first-order valence-corrected chi connectivity index (χ1v) is 8.33.